The van der Waals surface area contributed by atoms with Crippen LogP contribution in [0.15, 0.2) is 60.7 Å². The van der Waals surface area contributed by atoms with Gasteiger partial charge in [0.15, 0.2) is 5.82 Å². The molecular weight excluding hydrogens is 807 g/mol. The van der Waals surface area contributed by atoms with E-state index >= 15 is 17.6 Å². The first-order chi connectivity index (χ1) is 28.8. The van der Waals surface area contributed by atoms with Gasteiger partial charge >= 0.3 is 12.2 Å². The van der Waals surface area contributed by atoms with E-state index in [0.29, 0.717) is 43.6 Å². The molecule has 0 saturated carbocycles. The summed E-state index contributed by atoms with van der Waals surface area (Å²) in [4.78, 5) is 19.7. The molecule has 0 aliphatic carbocycles. The first-order valence-electron chi connectivity index (χ1n) is 19.9. The Morgan fingerprint density at radius 3 is 2.23 bits per heavy atom. The molecule has 0 unspecified atom stereocenters. The highest BCUT2D eigenvalue weighted by atomic mass is 35.5. The molecule has 3 aliphatic rings. The highest BCUT2D eigenvalue weighted by Gasteiger charge is 2.49. The molecule has 3 atom stereocenters. The summed E-state index contributed by atoms with van der Waals surface area (Å²) in [5, 5.41) is -0.110. The Hall–Kier alpha value is -4.99. The predicted octanol–water partition coefficient (Wildman–Crippen LogP) is 9.22. The van der Waals surface area contributed by atoms with Crippen LogP contribution < -0.4 is 24.0 Å². The van der Waals surface area contributed by atoms with Gasteiger partial charge in [0.2, 0.25) is 0 Å². The standard InChI is InChI=1S/C44H46ClF5N6O4/c1-26-18-35(54(21-28-6-10-31(57-3)11-7-28)22-29-8-12-32(58-4)13-9-29)51-40(37(26)44(48,49)50)36-34(45)19-33-39(38(36)47)52-42(53-41(33)56-16-17-59-24-27(56)2)60-25-43-14-5-15-55(43)23-30(46)20-43/h6-13,18-19,27,30H,5,14-17,20-25H2,1-4H3/t27-,30+,43-/m0/s1. The SMILES string of the molecule is COc1ccc(CN(Cc2ccc(OC)cc2)c2cc(C)c(C(F)(F)F)c(-c3c(Cl)cc4c(N5CCOC[C@@H]5C)nc(OC[C@@]56CCCN5C[C@H](F)C6)nc4c3F)n2)cc1. The van der Waals surface area contributed by atoms with Gasteiger partial charge < -0.3 is 28.7 Å². The number of hydrogen-bond acceptors (Lipinski definition) is 10. The summed E-state index contributed by atoms with van der Waals surface area (Å²) in [6.07, 6.45) is -4.05. The maximum Gasteiger partial charge on any atom is 0.418 e. The lowest BCUT2D eigenvalue weighted by molar-refractivity contribution is -0.137. The van der Waals surface area contributed by atoms with Gasteiger partial charge in [-0.1, -0.05) is 35.9 Å². The summed E-state index contributed by atoms with van der Waals surface area (Å²) >= 11 is 6.92. The van der Waals surface area contributed by atoms with Crippen LogP contribution in [0.2, 0.25) is 5.02 Å². The highest BCUT2D eigenvalue weighted by Crippen LogP contribution is 2.46. The number of morpholine rings is 1. The van der Waals surface area contributed by atoms with Crippen LogP contribution in [0, 0.1) is 12.7 Å². The fourth-order valence-electron chi connectivity index (χ4n) is 8.83. The van der Waals surface area contributed by atoms with Crippen molar-refractivity contribution in [2.75, 3.05) is 63.5 Å². The van der Waals surface area contributed by atoms with Crippen molar-refractivity contribution in [2.24, 2.45) is 0 Å². The summed E-state index contributed by atoms with van der Waals surface area (Å²) in [5.41, 5.74) is -1.73. The van der Waals surface area contributed by atoms with Crippen LogP contribution in [0.4, 0.5) is 33.6 Å². The summed E-state index contributed by atoms with van der Waals surface area (Å²) in [6, 6.07) is 17.0. The average molecular weight is 853 g/mol. The van der Waals surface area contributed by atoms with Gasteiger partial charge in [0.1, 0.15) is 41.4 Å². The number of alkyl halides is 4. The minimum atomic E-state index is -4.94. The fraction of sp³-hybridized carbons (Fsp3) is 0.432. The van der Waals surface area contributed by atoms with Crippen LogP contribution >= 0.6 is 11.6 Å². The molecule has 5 aromatic rings. The molecule has 8 rings (SSSR count). The van der Waals surface area contributed by atoms with Crippen LogP contribution in [0.25, 0.3) is 22.2 Å². The van der Waals surface area contributed by atoms with Crippen molar-refractivity contribution in [2.45, 2.75) is 70.1 Å². The Bertz CT molecular complexity index is 2300. The van der Waals surface area contributed by atoms with Gasteiger partial charge in [-0.05, 0) is 86.3 Å². The number of aryl methyl sites for hydroxylation is 1. The zero-order valence-corrected chi connectivity index (χ0v) is 34.5. The van der Waals surface area contributed by atoms with Crippen molar-refractivity contribution in [1.82, 2.24) is 19.9 Å². The second-order valence-electron chi connectivity index (χ2n) is 15.8. The molecule has 0 bridgehead atoms. The first kappa shape index (κ1) is 41.7. The zero-order chi connectivity index (χ0) is 42.3. The van der Waals surface area contributed by atoms with Gasteiger partial charge in [-0.25, -0.2) is 13.8 Å². The van der Waals surface area contributed by atoms with Crippen LogP contribution in [0.1, 0.15) is 48.4 Å². The van der Waals surface area contributed by atoms with E-state index in [1.165, 1.54) is 19.1 Å². The minimum Gasteiger partial charge on any atom is -0.497 e. The van der Waals surface area contributed by atoms with Crippen molar-refractivity contribution in [3.8, 4) is 28.8 Å². The van der Waals surface area contributed by atoms with E-state index in [9.17, 15) is 4.39 Å². The number of ether oxygens (including phenoxy) is 4. The molecule has 3 fully saturated rings. The van der Waals surface area contributed by atoms with E-state index in [1.807, 2.05) is 41.0 Å². The fourth-order valence-corrected chi connectivity index (χ4v) is 9.11. The number of aromatic nitrogens is 3. The van der Waals surface area contributed by atoms with Crippen LogP contribution in [-0.4, -0.2) is 91.3 Å². The van der Waals surface area contributed by atoms with Crippen LogP contribution in [0.3, 0.4) is 0 Å². The number of rotatable bonds is 12. The third kappa shape index (κ3) is 8.23. The first-order valence-corrected chi connectivity index (χ1v) is 20.3. The monoisotopic (exact) mass is 852 g/mol. The van der Waals surface area contributed by atoms with Gasteiger partial charge in [-0.3, -0.25) is 4.90 Å². The third-order valence-corrected chi connectivity index (χ3v) is 12.1. The Balaban J connectivity index is 1.27. The summed E-state index contributed by atoms with van der Waals surface area (Å²) < 4.78 is 100. The molecule has 0 radical (unpaired) electrons. The van der Waals surface area contributed by atoms with Crippen LogP contribution in [-0.2, 0) is 24.0 Å². The van der Waals surface area contributed by atoms with Gasteiger partial charge in [0, 0.05) is 38.0 Å². The summed E-state index contributed by atoms with van der Waals surface area (Å²) in [7, 11) is 3.12. The molecule has 0 amide bonds. The summed E-state index contributed by atoms with van der Waals surface area (Å²) in [5.74, 6) is 0.638. The lowest BCUT2D eigenvalue weighted by atomic mass is 9.95. The second kappa shape index (κ2) is 16.8. The van der Waals surface area contributed by atoms with E-state index in [-0.39, 0.29) is 65.5 Å². The normalized spacial score (nSPS) is 20.7. The molecule has 3 saturated heterocycles. The van der Waals surface area contributed by atoms with E-state index in [0.717, 1.165) is 30.5 Å². The van der Waals surface area contributed by atoms with Crippen molar-refractivity contribution in [3.63, 3.8) is 0 Å². The van der Waals surface area contributed by atoms with Gasteiger partial charge in [-0.15, -0.1) is 0 Å². The summed E-state index contributed by atoms with van der Waals surface area (Å²) in [6.45, 7) is 5.95. The zero-order valence-electron chi connectivity index (χ0n) is 33.8. The Morgan fingerprint density at radius 2 is 1.62 bits per heavy atom. The van der Waals surface area contributed by atoms with Crippen molar-refractivity contribution in [1.29, 1.82) is 0 Å². The number of benzene rings is 3. The molecule has 10 nitrogen and oxygen atoms in total. The smallest absolute Gasteiger partial charge is 0.418 e. The lowest BCUT2D eigenvalue weighted by Crippen LogP contribution is -2.44. The predicted molar refractivity (Wildman–Crippen MR) is 220 cm³/mol. The van der Waals surface area contributed by atoms with Gasteiger partial charge in [-0.2, -0.15) is 23.1 Å². The van der Waals surface area contributed by atoms with E-state index in [4.69, 9.17) is 35.5 Å². The topological polar surface area (TPSA) is 85.3 Å². The maximum atomic E-state index is 17.5. The number of hydrogen-bond donors (Lipinski definition) is 0. The quantitative estimate of drug-likeness (QED) is 0.113. The second-order valence-corrected chi connectivity index (χ2v) is 16.2. The Kier molecular flexibility index (Phi) is 11.7. The number of pyridine rings is 1. The van der Waals surface area contributed by atoms with Crippen molar-refractivity contribution < 1.29 is 40.9 Å². The molecule has 318 valence electrons. The number of nitrogens with zero attached hydrogens (tertiary/aromatic N) is 6. The van der Waals surface area contributed by atoms with Gasteiger partial charge in [0.25, 0.3) is 0 Å². The van der Waals surface area contributed by atoms with Crippen LogP contribution in [0.5, 0.6) is 17.5 Å². The highest BCUT2D eigenvalue weighted by molar-refractivity contribution is 6.34. The number of methoxy groups -OCH3 is 2. The Labute approximate surface area is 350 Å². The molecule has 3 aliphatic heterocycles. The number of anilines is 2. The number of fused-ring (bicyclic) bond motifs is 2. The molecule has 3 aromatic carbocycles. The number of halogens is 6. The molecular formula is C44H46ClF5N6O4. The van der Waals surface area contributed by atoms with E-state index < -0.39 is 40.5 Å². The van der Waals surface area contributed by atoms with E-state index in [2.05, 4.69) is 14.9 Å². The molecule has 0 spiro atoms. The molecule has 0 N–H and O–H groups in total. The van der Waals surface area contributed by atoms with Crippen molar-refractivity contribution in [3.05, 3.63) is 93.8 Å². The minimum absolute atomic E-state index is 0.0678. The maximum absolute atomic E-state index is 17.5. The molecule has 2 aromatic heterocycles. The average Bonchev–Trinajstić information content (AvgIpc) is 3.75. The van der Waals surface area contributed by atoms with Gasteiger partial charge in [0.05, 0.1) is 60.9 Å². The lowest BCUT2D eigenvalue weighted by Gasteiger charge is -2.35. The van der Waals surface area contributed by atoms with E-state index in [1.54, 1.807) is 38.5 Å². The Morgan fingerprint density at radius 1 is 0.950 bits per heavy atom. The third-order valence-electron chi connectivity index (χ3n) is 11.8. The molecule has 60 heavy (non-hydrogen) atoms. The molecule has 16 heteroatoms. The largest absolute Gasteiger partial charge is 0.497 e. The molecule has 5 heterocycles. The van der Waals surface area contributed by atoms with Crippen molar-refractivity contribution >= 4 is 34.1 Å².